The van der Waals surface area contributed by atoms with Gasteiger partial charge in [-0.2, -0.15) is 0 Å². The van der Waals surface area contributed by atoms with E-state index in [-0.39, 0.29) is 18.0 Å². The van der Waals surface area contributed by atoms with Crippen LogP contribution in [0.3, 0.4) is 0 Å². The number of hydrogen-bond donors (Lipinski definition) is 1. The molecule has 2 unspecified atom stereocenters. The number of amides is 1. The van der Waals surface area contributed by atoms with Crippen LogP contribution < -0.4 is 4.90 Å². The SMILES string of the molecule is O=C(c1cnccn1)N1C2CCC1CN(c1ncnc3[nH]ccc13)C2. The van der Waals surface area contributed by atoms with Gasteiger partial charge in [0.25, 0.3) is 5.91 Å². The third kappa shape index (κ3) is 2.25. The third-order valence-corrected chi connectivity index (χ3v) is 5.13. The van der Waals surface area contributed by atoms with Gasteiger partial charge in [0.2, 0.25) is 0 Å². The van der Waals surface area contributed by atoms with E-state index in [2.05, 4.69) is 29.8 Å². The summed E-state index contributed by atoms with van der Waals surface area (Å²) in [5.74, 6) is 0.921. The first kappa shape index (κ1) is 14.3. The fourth-order valence-corrected chi connectivity index (χ4v) is 4.06. The van der Waals surface area contributed by atoms with Gasteiger partial charge >= 0.3 is 0 Å². The number of rotatable bonds is 2. The van der Waals surface area contributed by atoms with Crippen molar-refractivity contribution in [2.45, 2.75) is 24.9 Å². The van der Waals surface area contributed by atoms with Crippen molar-refractivity contribution in [2.24, 2.45) is 0 Å². The van der Waals surface area contributed by atoms with E-state index in [0.717, 1.165) is 42.8 Å². The van der Waals surface area contributed by atoms with Crippen LogP contribution in [-0.4, -0.2) is 60.9 Å². The molecular formula is C17H17N7O. The number of carbonyl (C=O) groups is 1. The predicted molar refractivity (Wildman–Crippen MR) is 91.1 cm³/mol. The van der Waals surface area contributed by atoms with Crippen molar-refractivity contribution in [1.29, 1.82) is 0 Å². The maximum absolute atomic E-state index is 12.8. The topological polar surface area (TPSA) is 90.9 Å². The van der Waals surface area contributed by atoms with E-state index in [1.807, 2.05) is 17.2 Å². The number of anilines is 1. The fourth-order valence-electron chi connectivity index (χ4n) is 4.06. The first-order chi connectivity index (χ1) is 12.3. The van der Waals surface area contributed by atoms with E-state index >= 15 is 0 Å². The Balaban J connectivity index is 1.44. The molecule has 0 aliphatic carbocycles. The van der Waals surface area contributed by atoms with E-state index < -0.39 is 0 Å². The molecule has 0 radical (unpaired) electrons. The maximum atomic E-state index is 12.8. The highest BCUT2D eigenvalue weighted by molar-refractivity contribution is 5.93. The minimum atomic E-state index is -0.0188. The molecule has 0 aromatic carbocycles. The van der Waals surface area contributed by atoms with Crippen molar-refractivity contribution in [3.8, 4) is 0 Å². The number of nitrogens with zero attached hydrogens (tertiary/aromatic N) is 6. The number of aromatic nitrogens is 5. The van der Waals surface area contributed by atoms with Crippen LogP contribution in [0.5, 0.6) is 0 Å². The number of piperazine rings is 1. The van der Waals surface area contributed by atoms with Gasteiger partial charge in [0.1, 0.15) is 23.5 Å². The van der Waals surface area contributed by atoms with Crippen LogP contribution in [0.25, 0.3) is 11.0 Å². The van der Waals surface area contributed by atoms with Crippen LogP contribution in [0.1, 0.15) is 23.3 Å². The monoisotopic (exact) mass is 335 g/mol. The summed E-state index contributed by atoms with van der Waals surface area (Å²) in [6, 6.07) is 2.36. The molecule has 5 rings (SSSR count). The lowest BCUT2D eigenvalue weighted by Gasteiger charge is -2.41. The summed E-state index contributed by atoms with van der Waals surface area (Å²) >= 11 is 0. The zero-order valence-electron chi connectivity index (χ0n) is 13.5. The highest BCUT2D eigenvalue weighted by Gasteiger charge is 2.43. The highest BCUT2D eigenvalue weighted by Crippen LogP contribution is 2.34. The van der Waals surface area contributed by atoms with Gasteiger partial charge in [0.15, 0.2) is 0 Å². The van der Waals surface area contributed by atoms with Crippen molar-refractivity contribution in [1.82, 2.24) is 29.8 Å². The molecule has 5 heterocycles. The molecule has 0 spiro atoms. The molecule has 2 atom stereocenters. The van der Waals surface area contributed by atoms with E-state index in [9.17, 15) is 4.79 Å². The van der Waals surface area contributed by atoms with Gasteiger partial charge in [-0.05, 0) is 18.9 Å². The van der Waals surface area contributed by atoms with E-state index in [0.29, 0.717) is 5.69 Å². The zero-order chi connectivity index (χ0) is 16.8. The second-order valence-corrected chi connectivity index (χ2v) is 6.53. The summed E-state index contributed by atoms with van der Waals surface area (Å²) in [4.78, 5) is 37.2. The second-order valence-electron chi connectivity index (χ2n) is 6.53. The van der Waals surface area contributed by atoms with Crippen LogP contribution in [0.2, 0.25) is 0 Å². The van der Waals surface area contributed by atoms with Crippen molar-refractivity contribution < 1.29 is 4.79 Å². The smallest absolute Gasteiger partial charge is 0.274 e. The van der Waals surface area contributed by atoms with Gasteiger partial charge in [-0.3, -0.25) is 9.78 Å². The Morgan fingerprint density at radius 3 is 2.72 bits per heavy atom. The molecule has 126 valence electrons. The minimum absolute atomic E-state index is 0.0188. The summed E-state index contributed by atoms with van der Waals surface area (Å²) in [5, 5.41) is 1.02. The van der Waals surface area contributed by atoms with E-state index in [4.69, 9.17) is 0 Å². The Morgan fingerprint density at radius 1 is 1.12 bits per heavy atom. The molecule has 2 bridgehead atoms. The number of aromatic amines is 1. The lowest BCUT2D eigenvalue weighted by atomic mass is 10.1. The van der Waals surface area contributed by atoms with Gasteiger partial charge < -0.3 is 14.8 Å². The van der Waals surface area contributed by atoms with Crippen LogP contribution in [-0.2, 0) is 0 Å². The van der Waals surface area contributed by atoms with Crippen molar-refractivity contribution >= 4 is 22.8 Å². The Labute approximate surface area is 143 Å². The lowest BCUT2D eigenvalue weighted by molar-refractivity contribution is 0.0634. The Kier molecular flexibility index (Phi) is 3.16. The average molecular weight is 335 g/mol. The van der Waals surface area contributed by atoms with Crippen molar-refractivity contribution in [3.63, 3.8) is 0 Å². The van der Waals surface area contributed by atoms with Gasteiger partial charge in [-0.15, -0.1) is 0 Å². The Morgan fingerprint density at radius 2 is 1.96 bits per heavy atom. The second kappa shape index (κ2) is 5.51. The summed E-state index contributed by atoms with van der Waals surface area (Å²) in [7, 11) is 0. The molecule has 2 aliphatic rings. The minimum Gasteiger partial charge on any atom is -0.352 e. The molecule has 8 heteroatoms. The van der Waals surface area contributed by atoms with E-state index in [1.165, 1.54) is 0 Å². The molecular weight excluding hydrogens is 318 g/mol. The average Bonchev–Trinajstić information content (AvgIpc) is 3.23. The molecule has 2 saturated heterocycles. The molecule has 2 aliphatic heterocycles. The van der Waals surface area contributed by atoms with Crippen LogP contribution in [0, 0.1) is 0 Å². The van der Waals surface area contributed by atoms with Crippen molar-refractivity contribution in [3.05, 3.63) is 42.9 Å². The summed E-state index contributed by atoms with van der Waals surface area (Å²) in [5.41, 5.74) is 1.26. The van der Waals surface area contributed by atoms with Crippen LogP contribution in [0.4, 0.5) is 5.82 Å². The van der Waals surface area contributed by atoms with Gasteiger partial charge in [0, 0.05) is 31.7 Å². The first-order valence-corrected chi connectivity index (χ1v) is 8.43. The number of nitrogens with one attached hydrogen (secondary N) is 1. The van der Waals surface area contributed by atoms with Gasteiger partial charge in [-0.1, -0.05) is 0 Å². The molecule has 3 aromatic rings. The molecule has 2 fully saturated rings. The third-order valence-electron chi connectivity index (χ3n) is 5.13. The molecule has 1 amide bonds. The molecule has 3 aromatic heterocycles. The number of hydrogen-bond acceptors (Lipinski definition) is 6. The number of fused-ring (bicyclic) bond motifs is 3. The zero-order valence-corrected chi connectivity index (χ0v) is 13.5. The fraction of sp³-hybridized carbons (Fsp3) is 0.353. The van der Waals surface area contributed by atoms with Crippen molar-refractivity contribution in [2.75, 3.05) is 18.0 Å². The maximum Gasteiger partial charge on any atom is 0.274 e. The Bertz CT molecular complexity index is 911. The van der Waals surface area contributed by atoms with Gasteiger partial charge in [-0.25, -0.2) is 15.0 Å². The van der Waals surface area contributed by atoms with Crippen LogP contribution in [0.15, 0.2) is 37.2 Å². The van der Waals surface area contributed by atoms with Gasteiger partial charge in [0.05, 0.1) is 23.7 Å². The largest absolute Gasteiger partial charge is 0.352 e. The van der Waals surface area contributed by atoms with E-state index in [1.54, 1.807) is 24.9 Å². The molecule has 1 N–H and O–H groups in total. The number of carbonyl (C=O) groups excluding carboxylic acids is 1. The quantitative estimate of drug-likeness (QED) is 0.758. The summed E-state index contributed by atoms with van der Waals surface area (Å²) in [6.07, 6.45) is 10.2. The number of H-pyrrole nitrogens is 1. The standard InChI is InChI=1S/C17H17N7O/c25-17(14-7-18-5-6-19-14)24-11-1-2-12(24)9-23(8-11)16-13-3-4-20-15(13)21-10-22-16/h3-7,10-12H,1-2,8-9H2,(H,20,21,22). The highest BCUT2D eigenvalue weighted by atomic mass is 16.2. The normalized spacial score (nSPS) is 22.6. The first-order valence-electron chi connectivity index (χ1n) is 8.43. The lowest BCUT2D eigenvalue weighted by Crippen LogP contribution is -2.56. The van der Waals surface area contributed by atoms with Crippen LogP contribution >= 0.6 is 0 Å². The summed E-state index contributed by atoms with van der Waals surface area (Å²) < 4.78 is 0. The molecule has 25 heavy (non-hydrogen) atoms. The molecule has 8 nitrogen and oxygen atoms in total. The Hall–Kier alpha value is -3.03. The summed E-state index contributed by atoms with van der Waals surface area (Å²) in [6.45, 7) is 1.56. The molecule has 0 saturated carbocycles. The predicted octanol–water partition coefficient (Wildman–Crippen LogP) is 1.24.